The Labute approximate surface area is 80.3 Å². The Bertz CT molecular complexity index is 218. The molecule has 0 amide bonds. The molecule has 0 aromatic carbocycles. The lowest BCUT2D eigenvalue weighted by Crippen LogP contribution is -2.18. The molecule has 0 aliphatic rings. The molecule has 1 aromatic heterocycles. The van der Waals surface area contributed by atoms with Crippen molar-refractivity contribution in [1.29, 1.82) is 0 Å². The molecule has 1 N–H and O–H groups in total. The lowest BCUT2D eigenvalue weighted by Gasteiger charge is -2.18. The van der Waals surface area contributed by atoms with Crippen LogP contribution in [0, 0.1) is 5.92 Å². The molecule has 0 saturated carbocycles. The van der Waals surface area contributed by atoms with Gasteiger partial charge < -0.3 is 9.73 Å². The summed E-state index contributed by atoms with van der Waals surface area (Å²) >= 11 is 0. The van der Waals surface area contributed by atoms with Gasteiger partial charge in [0.15, 0.2) is 0 Å². The molecule has 0 aliphatic carbocycles. The summed E-state index contributed by atoms with van der Waals surface area (Å²) in [6, 6.07) is 2.47. The molecule has 0 spiro atoms. The summed E-state index contributed by atoms with van der Waals surface area (Å²) in [6.45, 7) is 4.51. The highest BCUT2D eigenvalue weighted by molar-refractivity contribution is 5.11. The first-order chi connectivity index (χ1) is 6.27. The van der Waals surface area contributed by atoms with Gasteiger partial charge >= 0.3 is 0 Å². The first kappa shape index (κ1) is 10.3. The molecule has 0 saturated heterocycles. The Hall–Kier alpha value is -0.760. The average Bonchev–Trinajstić information content (AvgIpc) is 2.66. The van der Waals surface area contributed by atoms with Crippen LogP contribution in [0.25, 0.3) is 0 Å². The Balaban J connectivity index is 2.53. The predicted octanol–water partition coefficient (Wildman–Crippen LogP) is 2.98. The Morgan fingerprint density at radius 1 is 1.54 bits per heavy atom. The van der Waals surface area contributed by atoms with Crippen molar-refractivity contribution in [2.45, 2.75) is 32.7 Å². The number of hydrogen-bond donors (Lipinski definition) is 1. The lowest BCUT2D eigenvalue weighted by molar-refractivity contribution is 0.418. The maximum atomic E-state index is 5.07. The highest BCUT2D eigenvalue weighted by Crippen LogP contribution is 2.22. The Kier molecular flexibility index (Phi) is 4.03. The molecule has 2 unspecified atom stereocenters. The van der Waals surface area contributed by atoms with E-state index >= 15 is 0 Å². The first-order valence-electron chi connectivity index (χ1n) is 4.97. The molecule has 2 heteroatoms. The zero-order valence-electron chi connectivity index (χ0n) is 8.71. The van der Waals surface area contributed by atoms with Crippen LogP contribution in [0.1, 0.15) is 38.3 Å². The summed E-state index contributed by atoms with van der Waals surface area (Å²) in [6.07, 6.45) is 5.96. The fourth-order valence-corrected chi connectivity index (χ4v) is 1.46. The van der Waals surface area contributed by atoms with E-state index in [1.165, 1.54) is 18.4 Å². The van der Waals surface area contributed by atoms with Gasteiger partial charge in [0.1, 0.15) is 0 Å². The molecule has 1 aromatic rings. The molecule has 13 heavy (non-hydrogen) atoms. The van der Waals surface area contributed by atoms with Crippen LogP contribution in [0.5, 0.6) is 0 Å². The van der Waals surface area contributed by atoms with E-state index in [1.807, 2.05) is 19.4 Å². The zero-order valence-corrected chi connectivity index (χ0v) is 8.71. The third kappa shape index (κ3) is 2.88. The molecule has 0 bridgehead atoms. The standard InChI is InChI=1S/C11H19NO/c1-4-9(2)7-11(12-3)10-5-6-13-8-10/h5-6,8-9,11-12H,4,7H2,1-3H3. The van der Waals surface area contributed by atoms with Crippen molar-refractivity contribution in [1.82, 2.24) is 5.32 Å². The number of nitrogens with one attached hydrogen (secondary N) is 1. The van der Waals surface area contributed by atoms with Crippen LogP contribution >= 0.6 is 0 Å². The van der Waals surface area contributed by atoms with Crippen molar-refractivity contribution in [3.05, 3.63) is 24.2 Å². The van der Waals surface area contributed by atoms with Gasteiger partial charge in [-0.15, -0.1) is 0 Å². The number of furan rings is 1. The summed E-state index contributed by atoms with van der Waals surface area (Å²) in [5.41, 5.74) is 1.25. The lowest BCUT2D eigenvalue weighted by atomic mass is 9.96. The fraction of sp³-hybridized carbons (Fsp3) is 0.636. The normalized spacial score (nSPS) is 15.6. The van der Waals surface area contributed by atoms with Crippen molar-refractivity contribution in [3.63, 3.8) is 0 Å². The highest BCUT2D eigenvalue weighted by atomic mass is 16.3. The van der Waals surface area contributed by atoms with Crippen LogP contribution in [-0.2, 0) is 0 Å². The number of hydrogen-bond acceptors (Lipinski definition) is 2. The van der Waals surface area contributed by atoms with E-state index in [-0.39, 0.29) is 0 Å². The molecule has 0 radical (unpaired) electrons. The summed E-state index contributed by atoms with van der Waals surface area (Å²) in [7, 11) is 2.00. The second-order valence-electron chi connectivity index (χ2n) is 3.65. The van der Waals surface area contributed by atoms with E-state index in [2.05, 4.69) is 19.2 Å². The summed E-state index contributed by atoms with van der Waals surface area (Å²) < 4.78 is 5.07. The van der Waals surface area contributed by atoms with Crippen molar-refractivity contribution in [2.24, 2.45) is 5.92 Å². The minimum Gasteiger partial charge on any atom is -0.472 e. The van der Waals surface area contributed by atoms with E-state index in [4.69, 9.17) is 4.42 Å². The third-order valence-corrected chi connectivity index (χ3v) is 2.63. The van der Waals surface area contributed by atoms with Crippen molar-refractivity contribution in [3.8, 4) is 0 Å². The molecular formula is C11H19NO. The van der Waals surface area contributed by atoms with Crippen LogP contribution < -0.4 is 5.32 Å². The van der Waals surface area contributed by atoms with Crippen LogP contribution in [-0.4, -0.2) is 7.05 Å². The third-order valence-electron chi connectivity index (χ3n) is 2.63. The largest absolute Gasteiger partial charge is 0.472 e. The molecule has 0 aliphatic heterocycles. The van der Waals surface area contributed by atoms with E-state index < -0.39 is 0 Å². The van der Waals surface area contributed by atoms with E-state index in [0.29, 0.717) is 6.04 Å². The van der Waals surface area contributed by atoms with E-state index in [0.717, 1.165) is 5.92 Å². The Morgan fingerprint density at radius 2 is 2.31 bits per heavy atom. The van der Waals surface area contributed by atoms with Gasteiger partial charge in [-0.3, -0.25) is 0 Å². The molecule has 1 heterocycles. The van der Waals surface area contributed by atoms with Gasteiger partial charge in [-0.2, -0.15) is 0 Å². The average molecular weight is 181 g/mol. The van der Waals surface area contributed by atoms with Gasteiger partial charge in [-0.25, -0.2) is 0 Å². The molecule has 0 fully saturated rings. The second-order valence-corrected chi connectivity index (χ2v) is 3.65. The first-order valence-corrected chi connectivity index (χ1v) is 4.97. The Morgan fingerprint density at radius 3 is 2.77 bits per heavy atom. The van der Waals surface area contributed by atoms with Gasteiger partial charge in [-0.05, 0) is 25.5 Å². The molecule has 2 atom stereocenters. The van der Waals surface area contributed by atoms with Crippen LogP contribution in [0.3, 0.4) is 0 Å². The molecule has 1 rings (SSSR count). The molecular weight excluding hydrogens is 162 g/mol. The van der Waals surface area contributed by atoms with Crippen molar-refractivity contribution < 1.29 is 4.42 Å². The predicted molar refractivity (Wildman–Crippen MR) is 54.6 cm³/mol. The van der Waals surface area contributed by atoms with Crippen LogP contribution in [0.15, 0.2) is 23.0 Å². The summed E-state index contributed by atoms with van der Waals surface area (Å²) in [4.78, 5) is 0. The van der Waals surface area contributed by atoms with Crippen LogP contribution in [0.2, 0.25) is 0 Å². The highest BCUT2D eigenvalue weighted by Gasteiger charge is 2.12. The van der Waals surface area contributed by atoms with E-state index in [9.17, 15) is 0 Å². The maximum Gasteiger partial charge on any atom is 0.0950 e. The smallest absolute Gasteiger partial charge is 0.0950 e. The summed E-state index contributed by atoms with van der Waals surface area (Å²) in [5.74, 6) is 0.757. The van der Waals surface area contributed by atoms with Crippen LogP contribution in [0.4, 0.5) is 0 Å². The zero-order chi connectivity index (χ0) is 9.68. The van der Waals surface area contributed by atoms with Gasteiger partial charge in [0.2, 0.25) is 0 Å². The summed E-state index contributed by atoms with van der Waals surface area (Å²) in [5, 5.41) is 3.31. The van der Waals surface area contributed by atoms with Crippen molar-refractivity contribution >= 4 is 0 Å². The van der Waals surface area contributed by atoms with E-state index in [1.54, 1.807) is 6.26 Å². The monoisotopic (exact) mass is 181 g/mol. The quantitative estimate of drug-likeness (QED) is 0.755. The van der Waals surface area contributed by atoms with Gasteiger partial charge in [0.05, 0.1) is 12.5 Å². The topological polar surface area (TPSA) is 25.2 Å². The minimum atomic E-state index is 0.439. The van der Waals surface area contributed by atoms with Crippen molar-refractivity contribution in [2.75, 3.05) is 7.05 Å². The minimum absolute atomic E-state index is 0.439. The second kappa shape index (κ2) is 5.07. The fourth-order valence-electron chi connectivity index (χ4n) is 1.46. The molecule has 2 nitrogen and oxygen atoms in total. The SMILES string of the molecule is CCC(C)CC(NC)c1ccoc1. The van der Waals surface area contributed by atoms with Gasteiger partial charge in [0, 0.05) is 11.6 Å². The maximum absolute atomic E-state index is 5.07. The van der Waals surface area contributed by atoms with Gasteiger partial charge in [-0.1, -0.05) is 20.3 Å². The molecule has 74 valence electrons. The van der Waals surface area contributed by atoms with Gasteiger partial charge in [0.25, 0.3) is 0 Å². The number of rotatable bonds is 5.